The second-order valence-corrected chi connectivity index (χ2v) is 5.10. The van der Waals surface area contributed by atoms with Gasteiger partial charge in [-0.1, -0.05) is 0 Å². The van der Waals surface area contributed by atoms with Gasteiger partial charge in [0.15, 0.2) is 0 Å². The zero-order chi connectivity index (χ0) is 15.7. The van der Waals surface area contributed by atoms with Crippen LogP contribution in [0.15, 0.2) is 27.6 Å². The van der Waals surface area contributed by atoms with Crippen LogP contribution in [0, 0.1) is 13.8 Å². The van der Waals surface area contributed by atoms with Crippen molar-refractivity contribution in [1.29, 1.82) is 0 Å². The normalized spacial score (nSPS) is 13.9. The molecule has 0 aromatic carbocycles. The highest BCUT2D eigenvalue weighted by Gasteiger charge is 2.24. The van der Waals surface area contributed by atoms with Crippen molar-refractivity contribution in [2.24, 2.45) is 0 Å². The van der Waals surface area contributed by atoms with E-state index in [-0.39, 0.29) is 6.04 Å². The first kappa shape index (κ1) is 15.0. The largest absolute Gasteiger partial charge is 0.481 e. The van der Waals surface area contributed by atoms with E-state index in [1.165, 1.54) is 10.8 Å². The molecule has 0 bridgehead atoms. The Kier molecular flexibility index (Phi) is 3.97. The van der Waals surface area contributed by atoms with Gasteiger partial charge in [-0.3, -0.25) is 9.36 Å². The molecule has 1 N–H and O–H groups in total. The third-order valence-corrected chi connectivity index (χ3v) is 3.76. The van der Waals surface area contributed by atoms with Crippen LogP contribution in [-0.2, 0) is 4.79 Å². The Morgan fingerprint density at radius 3 is 2.57 bits per heavy atom. The summed E-state index contributed by atoms with van der Waals surface area (Å²) in [5, 5.41) is 9.23. The number of nitrogens with zero attached hydrogens (tertiary/aromatic N) is 2. The van der Waals surface area contributed by atoms with Gasteiger partial charge >= 0.3 is 11.7 Å². The average Bonchev–Trinajstić information content (AvgIpc) is 2.91. The topological polar surface area (TPSA) is 85.3 Å². The van der Waals surface area contributed by atoms with E-state index in [4.69, 9.17) is 4.42 Å². The Balaban J connectivity index is 2.65. The second-order valence-electron chi connectivity index (χ2n) is 5.10. The third kappa shape index (κ3) is 2.61. The number of carbonyl (C=O) groups is 1. The molecule has 0 aliphatic heterocycles. The van der Waals surface area contributed by atoms with E-state index in [1.807, 2.05) is 6.92 Å². The molecule has 0 aliphatic carbocycles. The minimum absolute atomic E-state index is 0.347. The number of furan rings is 1. The zero-order valence-corrected chi connectivity index (χ0v) is 12.5. The van der Waals surface area contributed by atoms with Crippen molar-refractivity contribution in [1.82, 2.24) is 9.55 Å². The highest BCUT2D eigenvalue weighted by Crippen LogP contribution is 2.25. The molecule has 0 aliphatic rings. The van der Waals surface area contributed by atoms with Crippen LogP contribution in [0.3, 0.4) is 0 Å². The fourth-order valence-electron chi connectivity index (χ4n) is 2.66. The summed E-state index contributed by atoms with van der Waals surface area (Å²) in [6.07, 6.45) is 1.54. The standard InChI is InChI=1S/C15H18N2O4/c1-8(14(18)19)13-9(2)16-15(20)17(11(13)4)10(3)12-6-5-7-21-12/h5-8,10H,1-4H3,(H,18,19). The summed E-state index contributed by atoms with van der Waals surface area (Å²) in [5.41, 5.74) is 1.22. The van der Waals surface area contributed by atoms with E-state index in [2.05, 4.69) is 4.98 Å². The predicted octanol–water partition coefficient (Wildman–Crippen LogP) is 2.25. The molecule has 2 atom stereocenters. The van der Waals surface area contributed by atoms with Crippen molar-refractivity contribution in [3.63, 3.8) is 0 Å². The highest BCUT2D eigenvalue weighted by molar-refractivity contribution is 5.76. The Bertz CT molecular complexity index is 716. The van der Waals surface area contributed by atoms with Crippen LogP contribution in [-0.4, -0.2) is 20.6 Å². The Labute approximate surface area is 122 Å². The fourth-order valence-corrected chi connectivity index (χ4v) is 2.66. The van der Waals surface area contributed by atoms with E-state index < -0.39 is 17.6 Å². The van der Waals surface area contributed by atoms with Crippen molar-refractivity contribution in [2.75, 3.05) is 0 Å². The lowest BCUT2D eigenvalue weighted by atomic mass is 9.97. The van der Waals surface area contributed by atoms with E-state index >= 15 is 0 Å². The molecule has 0 saturated heterocycles. The number of aromatic nitrogens is 2. The molecular weight excluding hydrogens is 272 g/mol. The van der Waals surface area contributed by atoms with Gasteiger partial charge in [-0.05, 0) is 39.8 Å². The lowest BCUT2D eigenvalue weighted by molar-refractivity contribution is -0.138. The number of rotatable bonds is 4. The van der Waals surface area contributed by atoms with Crippen LogP contribution in [0.5, 0.6) is 0 Å². The molecule has 6 nitrogen and oxygen atoms in total. The first-order chi connectivity index (χ1) is 9.84. The van der Waals surface area contributed by atoms with Gasteiger partial charge in [0, 0.05) is 17.0 Å². The summed E-state index contributed by atoms with van der Waals surface area (Å²) in [6.45, 7) is 6.81. The Morgan fingerprint density at radius 1 is 1.38 bits per heavy atom. The maximum Gasteiger partial charge on any atom is 0.348 e. The molecule has 112 valence electrons. The molecule has 0 fully saturated rings. The maximum absolute atomic E-state index is 12.2. The molecule has 2 heterocycles. The summed E-state index contributed by atoms with van der Waals surface area (Å²) in [7, 11) is 0. The van der Waals surface area contributed by atoms with Gasteiger partial charge in [-0.15, -0.1) is 0 Å². The number of carboxylic acid groups (broad SMARTS) is 1. The quantitative estimate of drug-likeness (QED) is 0.933. The Hall–Kier alpha value is -2.37. The first-order valence-corrected chi connectivity index (χ1v) is 6.70. The van der Waals surface area contributed by atoms with E-state index in [0.717, 1.165) is 0 Å². The van der Waals surface area contributed by atoms with Crippen molar-refractivity contribution in [2.45, 2.75) is 39.7 Å². The van der Waals surface area contributed by atoms with E-state index in [1.54, 1.807) is 32.9 Å². The zero-order valence-electron chi connectivity index (χ0n) is 12.5. The molecule has 2 rings (SSSR count). The molecule has 2 aromatic heterocycles. The molecule has 0 spiro atoms. The van der Waals surface area contributed by atoms with Crippen LogP contribution in [0.2, 0.25) is 0 Å². The van der Waals surface area contributed by atoms with Crippen LogP contribution < -0.4 is 5.69 Å². The average molecular weight is 290 g/mol. The molecule has 0 saturated carbocycles. The van der Waals surface area contributed by atoms with Crippen molar-refractivity contribution < 1.29 is 14.3 Å². The number of aryl methyl sites for hydroxylation is 1. The van der Waals surface area contributed by atoms with Crippen LogP contribution in [0.25, 0.3) is 0 Å². The number of hydrogen-bond acceptors (Lipinski definition) is 4. The SMILES string of the molecule is Cc1nc(=O)n(C(C)c2ccco2)c(C)c1C(C)C(=O)O. The van der Waals surface area contributed by atoms with Crippen LogP contribution in [0.1, 0.15) is 48.5 Å². The lowest BCUT2D eigenvalue weighted by Crippen LogP contribution is -2.31. The summed E-state index contributed by atoms with van der Waals surface area (Å²) in [5.74, 6) is -1.05. The first-order valence-electron chi connectivity index (χ1n) is 6.70. The number of hydrogen-bond donors (Lipinski definition) is 1. The summed E-state index contributed by atoms with van der Waals surface area (Å²) in [4.78, 5) is 27.4. The molecule has 6 heteroatoms. The molecule has 21 heavy (non-hydrogen) atoms. The summed E-state index contributed by atoms with van der Waals surface area (Å²) >= 11 is 0. The summed E-state index contributed by atoms with van der Waals surface area (Å²) in [6, 6.07) is 3.17. The summed E-state index contributed by atoms with van der Waals surface area (Å²) < 4.78 is 6.81. The van der Waals surface area contributed by atoms with Gasteiger partial charge in [0.05, 0.1) is 18.2 Å². The number of aliphatic carboxylic acids is 1. The number of carboxylic acids is 1. The molecule has 2 unspecified atom stereocenters. The minimum atomic E-state index is -0.946. The predicted molar refractivity (Wildman–Crippen MR) is 76.5 cm³/mol. The van der Waals surface area contributed by atoms with Crippen LogP contribution >= 0.6 is 0 Å². The second kappa shape index (κ2) is 5.55. The lowest BCUT2D eigenvalue weighted by Gasteiger charge is -2.21. The minimum Gasteiger partial charge on any atom is -0.481 e. The van der Waals surface area contributed by atoms with Gasteiger partial charge in [-0.2, -0.15) is 4.98 Å². The monoisotopic (exact) mass is 290 g/mol. The molecule has 2 aromatic rings. The van der Waals surface area contributed by atoms with Gasteiger partial charge in [-0.25, -0.2) is 4.79 Å². The van der Waals surface area contributed by atoms with Crippen molar-refractivity contribution in [3.05, 3.63) is 51.6 Å². The Morgan fingerprint density at radius 2 is 2.05 bits per heavy atom. The van der Waals surface area contributed by atoms with Gasteiger partial charge in [0.25, 0.3) is 0 Å². The molecular formula is C15H18N2O4. The molecule has 0 amide bonds. The third-order valence-electron chi connectivity index (χ3n) is 3.76. The van der Waals surface area contributed by atoms with Gasteiger partial charge in [0.2, 0.25) is 0 Å². The van der Waals surface area contributed by atoms with E-state index in [9.17, 15) is 14.7 Å². The van der Waals surface area contributed by atoms with Crippen molar-refractivity contribution in [3.8, 4) is 0 Å². The van der Waals surface area contributed by atoms with Crippen molar-refractivity contribution >= 4 is 5.97 Å². The molecule has 0 radical (unpaired) electrons. The van der Waals surface area contributed by atoms with Gasteiger partial charge in [0.1, 0.15) is 5.76 Å². The maximum atomic E-state index is 12.2. The van der Waals surface area contributed by atoms with E-state index in [0.29, 0.717) is 22.7 Å². The highest BCUT2D eigenvalue weighted by atomic mass is 16.4. The fraction of sp³-hybridized carbons (Fsp3) is 0.400. The van der Waals surface area contributed by atoms with Crippen LogP contribution in [0.4, 0.5) is 0 Å². The smallest absolute Gasteiger partial charge is 0.348 e. The van der Waals surface area contributed by atoms with Gasteiger partial charge < -0.3 is 9.52 Å².